The number of hydrogen-bond donors (Lipinski definition) is 1. The van der Waals surface area contributed by atoms with Gasteiger partial charge in [0.05, 0.1) is 11.5 Å². The van der Waals surface area contributed by atoms with Gasteiger partial charge in [0.15, 0.2) is 5.05 Å². The number of anilines is 1. The third-order valence-corrected chi connectivity index (χ3v) is 4.73. The first kappa shape index (κ1) is 16.5. The van der Waals surface area contributed by atoms with Gasteiger partial charge in [-0.15, -0.1) is 0 Å². The van der Waals surface area contributed by atoms with E-state index in [1.807, 2.05) is 13.8 Å². The summed E-state index contributed by atoms with van der Waals surface area (Å²) < 4.78 is 32.3. The molecule has 0 saturated heterocycles. The summed E-state index contributed by atoms with van der Waals surface area (Å²) in [5, 5.41) is 0.399. The van der Waals surface area contributed by atoms with Crippen LogP contribution in [0.5, 0.6) is 0 Å². The second-order valence-corrected chi connectivity index (χ2v) is 6.77. The SMILES string of the molecule is CCOC(=S)c1ccc(NS(=O)(=O)c2ccc(C)cc2)cc1. The zero-order valence-corrected chi connectivity index (χ0v) is 14.0. The number of hydrogen-bond acceptors (Lipinski definition) is 4. The highest BCUT2D eigenvalue weighted by Gasteiger charge is 2.13. The molecule has 2 aromatic rings. The van der Waals surface area contributed by atoms with E-state index >= 15 is 0 Å². The Morgan fingerprint density at radius 1 is 1.09 bits per heavy atom. The number of nitrogens with one attached hydrogen (secondary N) is 1. The first-order valence-corrected chi connectivity index (χ1v) is 8.68. The maximum absolute atomic E-state index is 12.3. The van der Waals surface area contributed by atoms with Crippen molar-refractivity contribution < 1.29 is 13.2 Å². The van der Waals surface area contributed by atoms with Crippen LogP contribution in [0.1, 0.15) is 18.1 Å². The third kappa shape index (κ3) is 4.05. The van der Waals surface area contributed by atoms with Crippen LogP contribution in [0.2, 0.25) is 0 Å². The molecule has 6 heteroatoms. The Bertz CT molecular complexity index is 751. The van der Waals surface area contributed by atoms with Gasteiger partial charge in [0.25, 0.3) is 10.0 Å². The molecular weight excluding hydrogens is 318 g/mol. The van der Waals surface area contributed by atoms with E-state index in [-0.39, 0.29) is 4.90 Å². The second kappa shape index (κ2) is 6.89. The standard InChI is InChI=1S/C16H17NO3S2/c1-3-20-16(21)13-6-8-14(9-7-13)17-22(18,19)15-10-4-12(2)5-11-15/h4-11,17H,3H2,1-2H3. The van der Waals surface area contributed by atoms with Crippen molar-refractivity contribution in [3.05, 3.63) is 59.7 Å². The van der Waals surface area contributed by atoms with E-state index in [2.05, 4.69) is 4.72 Å². The molecule has 0 aliphatic carbocycles. The van der Waals surface area contributed by atoms with E-state index in [4.69, 9.17) is 17.0 Å². The van der Waals surface area contributed by atoms with Crippen molar-refractivity contribution in [3.8, 4) is 0 Å². The van der Waals surface area contributed by atoms with Crippen molar-refractivity contribution in [3.63, 3.8) is 0 Å². The molecule has 0 heterocycles. The van der Waals surface area contributed by atoms with Crippen molar-refractivity contribution in [2.24, 2.45) is 0 Å². The van der Waals surface area contributed by atoms with E-state index < -0.39 is 10.0 Å². The van der Waals surface area contributed by atoms with Crippen LogP contribution < -0.4 is 4.72 Å². The monoisotopic (exact) mass is 335 g/mol. The molecule has 116 valence electrons. The van der Waals surface area contributed by atoms with E-state index in [9.17, 15) is 8.42 Å². The summed E-state index contributed by atoms with van der Waals surface area (Å²) in [6, 6.07) is 13.5. The molecule has 2 aromatic carbocycles. The lowest BCUT2D eigenvalue weighted by Gasteiger charge is -2.10. The van der Waals surface area contributed by atoms with E-state index in [0.717, 1.165) is 11.1 Å². The molecule has 0 amide bonds. The molecule has 2 rings (SSSR count). The van der Waals surface area contributed by atoms with Crippen LogP contribution in [0.3, 0.4) is 0 Å². The van der Waals surface area contributed by atoms with E-state index in [0.29, 0.717) is 17.3 Å². The normalized spacial score (nSPS) is 11.0. The van der Waals surface area contributed by atoms with Gasteiger partial charge < -0.3 is 4.74 Å². The van der Waals surface area contributed by atoms with Crippen LogP contribution in [0.15, 0.2) is 53.4 Å². The Balaban J connectivity index is 2.16. The summed E-state index contributed by atoms with van der Waals surface area (Å²) in [7, 11) is -3.59. The predicted molar refractivity (Wildman–Crippen MR) is 91.8 cm³/mol. The lowest BCUT2D eigenvalue weighted by Crippen LogP contribution is -2.13. The molecule has 0 radical (unpaired) electrons. The zero-order chi connectivity index (χ0) is 16.2. The van der Waals surface area contributed by atoms with Gasteiger partial charge in [-0.1, -0.05) is 17.7 Å². The molecule has 0 aliphatic rings. The minimum atomic E-state index is -3.59. The lowest BCUT2D eigenvalue weighted by molar-refractivity contribution is 0.337. The lowest BCUT2D eigenvalue weighted by atomic mass is 10.2. The molecule has 1 N–H and O–H groups in total. The molecule has 4 nitrogen and oxygen atoms in total. The number of rotatable bonds is 5. The van der Waals surface area contributed by atoms with Crippen LogP contribution in [-0.4, -0.2) is 20.1 Å². The van der Waals surface area contributed by atoms with Gasteiger partial charge >= 0.3 is 0 Å². The first-order valence-electron chi connectivity index (χ1n) is 6.79. The number of sulfonamides is 1. The van der Waals surface area contributed by atoms with E-state index in [1.165, 1.54) is 0 Å². The second-order valence-electron chi connectivity index (χ2n) is 4.72. The van der Waals surface area contributed by atoms with Gasteiger partial charge in [-0.2, -0.15) is 0 Å². The summed E-state index contributed by atoms with van der Waals surface area (Å²) >= 11 is 5.10. The first-order chi connectivity index (χ1) is 10.4. The Labute approximate surface area is 136 Å². The topological polar surface area (TPSA) is 55.4 Å². The fraction of sp³-hybridized carbons (Fsp3) is 0.188. The molecule has 0 bridgehead atoms. The summed E-state index contributed by atoms with van der Waals surface area (Å²) in [6.07, 6.45) is 0. The average molecular weight is 335 g/mol. The highest BCUT2D eigenvalue weighted by Crippen LogP contribution is 2.17. The van der Waals surface area contributed by atoms with Crippen molar-refractivity contribution in [1.82, 2.24) is 0 Å². The largest absolute Gasteiger partial charge is 0.483 e. The van der Waals surface area contributed by atoms with Crippen LogP contribution >= 0.6 is 12.2 Å². The third-order valence-electron chi connectivity index (χ3n) is 2.98. The predicted octanol–water partition coefficient (Wildman–Crippen LogP) is 3.51. The van der Waals surface area contributed by atoms with Gasteiger partial charge in [-0.3, -0.25) is 4.72 Å². The Hall–Kier alpha value is -1.92. The number of ether oxygens (including phenoxy) is 1. The van der Waals surface area contributed by atoms with Gasteiger partial charge in [0.1, 0.15) is 0 Å². The van der Waals surface area contributed by atoms with Gasteiger partial charge in [-0.05, 0) is 62.5 Å². The molecule has 0 aliphatic heterocycles. The molecule has 0 unspecified atom stereocenters. The number of benzene rings is 2. The Morgan fingerprint density at radius 3 is 2.23 bits per heavy atom. The summed E-state index contributed by atoms with van der Waals surface area (Å²) in [6.45, 7) is 4.26. The van der Waals surface area contributed by atoms with Gasteiger partial charge in [0, 0.05) is 11.3 Å². The van der Waals surface area contributed by atoms with Gasteiger partial charge in [0.2, 0.25) is 0 Å². The average Bonchev–Trinajstić information content (AvgIpc) is 2.48. The molecule has 22 heavy (non-hydrogen) atoms. The highest BCUT2D eigenvalue weighted by molar-refractivity contribution is 7.92. The molecule has 0 aromatic heterocycles. The molecular formula is C16H17NO3S2. The minimum absolute atomic E-state index is 0.229. The summed E-state index contributed by atoms with van der Waals surface area (Å²) in [4.78, 5) is 0.229. The number of aryl methyl sites for hydroxylation is 1. The summed E-state index contributed by atoms with van der Waals surface area (Å²) in [5.74, 6) is 0. The van der Waals surface area contributed by atoms with E-state index in [1.54, 1.807) is 48.5 Å². The summed E-state index contributed by atoms with van der Waals surface area (Å²) in [5.41, 5.74) is 2.23. The molecule has 0 fully saturated rings. The Kier molecular flexibility index (Phi) is 5.15. The van der Waals surface area contributed by atoms with Crippen LogP contribution in [0.4, 0.5) is 5.69 Å². The fourth-order valence-corrected chi connectivity index (χ4v) is 3.13. The zero-order valence-electron chi connectivity index (χ0n) is 12.4. The Morgan fingerprint density at radius 2 is 1.68 bits per heavy atom. The highest BCUT2D eigenvalue weighted by atomic mass is 32.2. The van der Waals surface area contributed by atoms with Crippen molar-refractivity contribution >= 4 is 33.0 Å². The van der Waals surface area contributed by atoms with Crippen molar-refractivity contribution in [1.29, 1.82) is 0 Å². The minimum Gasteiger partial charge on any atom is -0.483 e. The molecule has 0 atom stereocenters. The maximum Gasteiger partial charge on any atom is 0.261 e. The fourth-order valence-electron chi connectivity index (χ4n) is 1.82. The molecule has 0 saturated carbocycles. The van der Waals surface area contributed by atoms with Crippen molar-refractivity contribution in [2.45, 2.75) is 18.7 Å². The van der Waals surface area contributed by atoms with Crippen LogP contribution in [0.25, 0.3) is 0 Å². The molecule has 0 spiro atoms. The number of thiocarbonyl (C=S) groups is 1. The smallest absolute Gasteiger partial charge is 0.261 e. The van der Waals surface area contributed by atoms with Gasteiger partial charge in [-0.25, -0.2) is 8.42 Å². The maximum atomic E-state index is 12.3. The van der Waals surface area contributed by atoms with Crippen LogP contribution in [0, 0.1) is 6.92 Å². The quantitative estimate of drug-likeness (QED) is 0.850. The van der Waals surface area contributed by atoms with Crippen LogP contribution in [-0.2, 0) is 14.8 Å². The van der Waals surface area contributed by atoms with Crippen molar-refractivity contribution in [2.75, 3.05) is 11.3 Å².